The number of carbonyl (C=O) groups excluding carboxylic acids is 1. The van der Waals surface area contributed by atoms with Gasteiger partial charge in [-0.05, 0) is 56.2 Å². The fraction of sp³-hybridized carbons (Fsp3) is 0.588. The van der Waals surface area contributed by atoms with Crippen molar-refractivity contribution in [3.05, 3.63) is 29.8 Å². The molecule has 1 fully saturated rings. The molecule has 1 aromatic rings. The summed E-state index contributed by atoms with van der Waals surface area (Å²) in [5.41, 5.74) is 1.54. The quantitative estimate of drug-likeness (QED) is 0.890. The zero-order valence-corrected chi connectivity index (χ0v) is 13.2. The highest BCUT2D eigenvalue weighted by molar-refractivity contribution is 5.89. The van der Waals surface area contributed by atoms with Crippen LogP contribution in [0, 0.1) is 5.92 Å². The molecule has 2 N–H and O–H groups in total. The summed E-state index contributed by atoms with van der Waals surface area (Å²) >= 11 is 0. The molecule has 0 aromatic heterocycles. The first-order valence-electron chi connectivity index (χ1n) is 7.79. The Morgan fingerprint density at radius 2 is 2.00 bits per heavy atom. The number of benzene rings is 1. The molecule has 0 radical (unpaired) electrons. The van der Waals surface area contributed by atoms with Gasteiger partial charge < -0.3 is 15.3 Å². The molecule has 0 bridgehead atoms. The zero-order valence-electron chi connectivity index (χ0n) is 13.2. The molecule has 0 heterocycles. The Kier molecular flexibility index (Phi) is 5.23. The van der Waals surface area contributed by atoms with Gasteiger partial charge in [-0.2, -0.15) is 0 Å². The maximum Gasteiger partial charge on any atom is 0.321 e. The number of hydrogen-bond acceptors (Lipinski definition) is 2. The highest BCUT2D eigenvalue weighted by Gasteiger charge is 2.24. The van der Waals surface area contributed by atoms with E-state index in [-0.39, 0.29) is 6.03 Å². The molecule has 1 aliphatic rings. The molecule has 2 rings (SSSR count). The molecular formula is C17H26N2O2. The topological polar surface area (TPSA) is 52.6 Å². The van der Waals surface area contributed by atoms with Crippen LogP contribution >= 0.6 is 0 Å². The van der Waals surface area contributed by atoms with Gasteiger partial charge in [0, 0.05) is 18.8 Å². The first kappa shape index (κ1) is 15.8. The maximum absolute atomic E-state index is 12.3. The van der Waals surface area contributed by atoms with Gasteiger partial charge in [0.15, 0.2) is 0 Å². The monoisotopic (exact) mass is 290 g/mol. The summed E-state index contributed by atoms with van der Waals surface area (Å²) in [7, 11) is 1.87. The third kappa shape index (κ3) is 4.21. The van der Waals surface area contributed by atoms with Gasteiger partial charge in [0.25, 0.3) is 0 Å². The second kappa shape index (κ2) is 6.94. The van der Waals surface area contributed by atoms with Crippen molar-refractivity contribution >= 4 is 11.7 Å². The molecule has 0 aliphatic heterocycles. The van der Waals surface area contributed by atoms with Crippen LogP contribution in [0.4, 0.5) is 10.5 Å². The molecular weight excluding hydrogens is 264 g/mol. The van der Waals surface area contributed by atoms with Crippen molar-refractivity contribution in [2.75, 3.05) is 12.4 Å². The Hall–Kier alpha value is -1.55. The molecule has 0 spiro atoms. The summed E-state index contributed by atoms with van der Waals surface area (Å²) < 4.78 is 0. The molecule has 1 aliphatic carbocycles. The second-order valence-corrected chi connectivity index (χ2v) is 6.26. The van der Waals surface area contributed by atoms with E-state index in [2.05, 4.69) is 12.2 Å². The van der Waals surface area contributed by atoms with Crippen LogP contribution in [0.5, 0.6) is 0 Å². The van der Waals surface area contributed by atoms with Crippen molar-refractivity contribution in [3.63, 3.8) is 0 Å². The summed E-state index contributed by atoms with van der Waals surface area (Å²) in [6.07, 6.45) is 4.02. The number of aliphatic hydroxyl groups is 1. The number of anilines is 1. The van der Waals surface area contributed by atoms with Gasteiger partial charge >= 0.3 is 6.03 Å². The minimum absolute atomic E-state index is 0.0719. The van der Waals surface area contributed by atoms with Crippen molar-refractivity contribution in [1.82, 2.24) is 4.90 Å². The minimum Gasteiger partial charge on any atom is -0.389 e. The lowest BCUT2D eigenvalue weighted by atomic mass is 9.87. The molecule has 2 amide bonds. The number of amides is 2. The van der Waals surface area contributed by atoms with E-state index in [0.717, 1.165) is 30.0 Å². The van der Waals surface area contributed by atoms with Crippen LogP contribution in [0.15, 0.2) is 24.3 Å². The van der Waals surface area contributed by atoms with E-state index in [4.69, 9.17) is 0 Å². The Bertz CT molecular complexity index is 479. The standard InChI is InChI=1S/C17H26N2O2/c1-12-7-9-16(10-8-12)19(3)17(21)18-15-6-4-5-14(11-15)13(2)20/h4-6,11-13,16,20H,7-10H2,1-3H3,(H,18,21). The third-order valence-electron chi connectivity index (χ3n) is 4.47. The van der Waals surface area contributed by atoms with Gasteiger partial charge in [-0.3, -0.25) is 0 Å². The summed E-state index contributed by atoms with van der Waals surface area (Å²) in [4.78, 5) is 14.1. The predicted molar refractivity (Wildman–Crippen MR) is 85.3 cm³/mol. The highest BCUT2D eigenvalue weighted by Crippen LogP contribution is 2.27. The lowest BCUT2D eigenvalue weighted by Gasteiger charge is -2.33. The summed E-state index contributed by atoms with van der Waals surface area (Å²) in [5, 5.41) is 12.5. The van der Waals surface area contributed by atoms with Crippen LogP contribution in [0.1, 0.15) is 51.2 Å². The first-order chi connectivity index (χ1) is 9.97. The fourth-order valence-electron chi connectivity index (χ4n) is 2.88. The van der Waals surface area contributed by atoms with Gasteiger partial charge in [-0.25, -0.2) is 4.79 Å². The molecule has 21 heavy (non-hydrogen) atoms. The van der Waals surface area contributed by atoms with Gasteiger partial charge in [0.2, 0.25) is 0 Å². The average Bonchev–Trinajstić information content (AvgIpc) is 2.47. The highest BCUT2D eigenvalue weighted by atomic mass is 16.3. The SMILES string of the molecule is CC1CCC(N(C)C(=O)Nc2cccc(C(C)O)c2)CC1. The van der Waals surface area contributed by atoms with E-state index in [1.54, 1.807) is 6.92 Å². The molecule has 1 aromatic carbocycles. The molecule has 116 valence electrons. The molecule has 0 saturated heterocycles. The van der Waals surface area contributed by atoms with Crippen LogP contribution in [0.2, 0.25) is 0 Å². The lowest BCUT2D eigenvalue weighted by Crippen LogP contribution is -2.41. The number of rotatable bonds is 3. The normalized spacial score (nSPS) is 23.4. The molecule has 1 saturated carbocycles. The van der Waals surface area contributed by atoms with Gasteiger partial charge in [0.1, 0.15) is 0 Å². The van der Waals surface area contributed by atoms with Crippen LogP contribution in [-0.4, -0.2) is 29.1 Å². The van der Waals surface area contributed by atoms with Crippen LogP contribution < -0.4 is 5.32 Å². The van der Waals surface area contributed by atoms with Crippen molar-refractivity contribution in [2.24, 2.45) is 5.92 Å². The Balaban J connectivity index is 1.96. The Morgan fingerprint density at radius 1 is 1.33 bits per heavy atom. The van der Waals surface area contributed by atoms with E-state index < -0.39 is 6.10 Å². The smallest absolute Gasteiger partial charge is 0.321 e. The largest absolute Gasteiger partial charge is 0.389 e. The van der Waals surface area contributed by atoms with E-state index in [1.807, 2.05) is 36.2 Å². The number of nitrogens with one attached hydrogen (secondary N) is 1. The number of hydrogen-bond donors (Lipinski definition) is 2. The third-order valence-corrected chi connectivity index (χ3v) is 4.47. The van der Waals surface area contributed by atoms with E-state index in [1.165, 1.54) is 12.8 Å². The predicted octanol–water partition coefficient (Wildman–Crippen LogP) is 3.78. The lowest BCUT2D eigenvalue weighted by molar-refractivity contribution is 0.175. The van der Waals surface area contributed by atoms with Crippen molar-refractivity contribution in [1.29, 1.82) is 0 Å². The Labute approximate surface area is 127 Å². The van der Waals surface area contributed by atoms with Gasteiger partial charge in [0.05, 0.1) is 6.10 Å². The van der Waals surface area contributed by atoms with Crippen LogP contribution in [-0.2, 0) is 0 Å². The number of carbonyl (C=O) groups is 1. The first-order valence-corrected chi connectivity index (χ1v) is 7.79. The van der Waals surface area contributed by atoms with Crippen molar-refractivity contribution < 1.29 is 9.90 Å². The van der Waals surface area contributed by atoms with E-state index >= 15 is 0 Å². The fourth-order valence-corrected chi connectivity index (χ4v) is 2.88. The second-order valence-electron chi connectivity index (χ2n) is 6.26. The van der Waals surface area contributed by atoms with Crippen molar-refractivity contribution in [2.45, 2.75) is 51.7 Å². The summed E-state index contributed by atoms with van der Waals surface area (Å²) in [6, 6.07) is 7.63. The Morgan fingerprint density at radius 3 is 2.62 bits per heavy atom. The molecule has 4 nitrogen and oxygen atoms in total. The molecule has 1 atom stereocenters. The van der Waals surface area contributed by atoms with Gasteiger partial charge in [-0.1, -0.05) is 19.1 Å². The van der Waals surface area contributed by atoms with Crippen LogP contribution in [0.3, 0.4) is 0 Å². The average molecular weight is 290 g/mol. The van der Waals surface area contributed by atoms with Crippen LogP contribution in [0.25, 0.3) is 0 Å². The number of urea groups is 1. The zero-order chi connectivity index (χ0) is 15.4. The molecule has 1 unspecified atom stereocenters. The molecule has 4 heteroatoms. The van der Waals surface area contributed by atoms with Gasteiger partial charge in [-0.15, -0.1) is 0 Å². The van der Waals surface area contributed by atoms with E-state index in [9.17, 15) is 9.90 Å². The number of nitrogens with zero attached hydrogens (tertiary/aromatic N) is 1. The van der Waals surface area contributed by atoms with E-state index in [0.29, 0.717) is 6.04 Å². The number of aliphatic hydroxyl groups excluding tert-OH is 1. The van der Waals surface area contributed by atoms with Crippen molar-refractivity contribution in [3.8, 4) is 0 Å². The maximum atomic E-state index is 12.3. The summed E-state index contributed by atoms with van der Waals surface area (Å²) in [6.45, 7) is 3.99. The summed E-state index contributed by atoms with van der Waals surface area (Å²) in [5.74, 6) is 0.778. The minimum atomic E-state index is -0.528.